The highest BCUT2D eigenvalue weighted by atomic mass is 79.9. The molecule has 0 radical (unpaired) electrons. The Morgan fingerprint density at radius 3 is 2.52 bits per heavy atom. The van der Waals surface area contributed by atoms with Gasteiger partial charge in [-0.2, -0.15) is 0 Å². The number of anilines is 1. The molecule has 0 spiro atoms. The third-order valence-corrected chi connectivity index (χ3v) is 3.93. The van der Waals surface area contributed by atoms with Gasteiger partial charge in [0.15, 0.2) is 0 Å². The number of imidazole rings is 1. The highest BCUT2D eigenvalue weighted by Gasteiger charge is 2.25. The molecule has 114 valence electrons. The lowest BCUT2D eigenvalue weighted by molar-refractivity contribution is 0.498. The molecule has 3 nitrogen and oxygen atoms in total. The average Bonchev–Trinajstić information content (AvgIpc) is 2.71. The highest BCUT2D eigenvalue weighted by molar-refractivity contribution is 9.10. The Morgan fingerprint density at radius 2 is 2.00 bits per heavy atom. The smallest absolute Gasteiger partial charge is 0.137 e. The first-order valence-corrected chi connectivity index (χ1v) is 7.87. The summed E-state index contributed by atoms with van der Waals surface area (Å²) in [5, 5.41) is 0. The zero-order chi connectivity index (χ0) is 15.8. The van der Waals surface area contributed by atoms with E-state index in [1.54, 1.807) is 12.1 Å². The van der Waals surface area contributed by atoms with Crippen molar-refractivity contribution in [3.63, 3.8) is 0 Å². The van der Waals surface area contributed by atoms with Crippen molar-refractivity contribution < 1.29 is 4.39 Å². The molecule has 2 rings (SSSR count). The lowest BCUT2D eigenvalue weighted by atomic mass is 9.95. The van der Waals surface area contributed by atoms with Crippen molar-refractivity contribution in [2.45, 2.75) is 46.1 Å². The molecular weight excluding hydrogens is 333 g/mol. The van der Waals surface area contributed by atoms with Gasteiger partial charge in [0.2, 0.25) is 0 Å². The molecule has 1 heterocycles. The number of nitrogen functional groups attached to an aromatic ring is 1. The van der Waals surface area contributed by atoms with E-state index in [2.05, 4.69) is 48.2 Å². The van der Waals surface area contributed by atoms with Crippen molar-refractivity contribution >= 4 is 21.7 Å². The van der Waals surface area contributed by atoms with E-state index in [9.17, 15) is 4.39 Å². The Balaban J connectivity index is 2.61. The second-order valence-corrected chi connectivity index (χ2v) is 7.05. The lowest BCUT2D eigenvalue weighted by Gasteiger charge is -2.19. The van der Waals surface area contributed by atoms with Crippen LogP contribution in [0, 0.1) is 5.82 Å². The molecule has 2 aromatic rings. The van der Waals surface area contributed by atoms with Crippen LogP contribution in [0.5, 0.6) is 0 Å². The lowest BCUT2D eigenvalue weighted by Crippen LogP contribution is -2.19. The van der Waals surface area contributed by atoms with Gasteiger partial charge in [0.25, 0.3) is 0 Å². The number of rotatable bonds is 3. The van der Waals surface area contributed by atoms with Crippen LogP contribution in [-0.2, 0) is 12.0 Å². The van der Waals surface area contributed by atoms with Gasteiger partial charge < -0.3 is 10.3 Å². The molecule has 0 unspecified atom stereocenters. The van der Waals surface area contributed by atoms with Crippen LogP contribution >= 0.6 is 15.9 Å². The van der Waals surface area contributed by atoms with Crippen molar-refractivity contribution in [2.24, 2.45) is 0 Å². The molecule has 0 bridgehead atoms. The zero-order valence-corrected chi connectivity index (χ0v) is 14.5. The first-order valence-electron chi connectivity index (χ1n) is 7.07. The van der Waals surface area contributed by atoms with E-state index in [0.717, 1.165) is 24.4 Å². The Hall–Kier alpha value is -1.36. The van der Waals surface area contributed by atoms with Crippen LogP contribution in [-0.4, -0.2) is 9.55 Å². The number of nitrogens with two attached hydrogens (primary N) is 1. The minimum absolute atomic E-state index is 0.0984. The van der Waals surface area contributed by atoms with Crippen molar-refractivity contribution in [3.8, 4) is 11.3 Å². The Kier molecular flexibility index (Phi) is 4.42. The normalized spacial score (nSPS) is 11.9. The maximum atomic E-state index is 13.4. The van der Waals surface area contributed by atoms with Crippen LogP contribution < -0.4 is 5.73 Å². The predicted molar refractivity (Wildman–Crippen MR) is 88.7 cm³/mol. The number of benzene rings is 1. The molecular formula is C16H21BrFN3. The largest absolute Gasteiger partial charge is 0.383 e. The van der Waals surface area contributed by atoms with Crippen molar-refractivity contribution in [2.75, 3.05) is 5.73 Å². The fourth-order valence-electron chi connectivity index (χ4n) is 2.34. The standard InChI is InChI=1S/C16H21BrFN3/c1-5-8-21-14(19)13(20-15(21)16(2,3)4)10-6-7-12(18)11(17)9-10/h6-7,9H,5,8,19H2,1-4H3. The van der Waals surface area contributed by atoms with Gasteiger partial charge in [-0.05, 0) is 40.5 Å². The minimum atomic E-state index is -0.290. The molecule has 0 fully saturated rings. The van der Waals surface area contributed by atoms with Gasteiger partial charge in [-0.15, -0.1) is 0 Å². The first-order chi connectivity index (χ1) is 9.75. The van der Waals surface area contributed by atoms with E-state index in [-0.39, 0.29) is 11.2 Å². The Bertz CT molecular complexity index is 656. The van der Waals surface area contributed by atoms with Gasteiger partial charge in [0.1, 0.15) is 23.2 Å². The molecule has 1 aromatic carbocycles. The summed E-state index contributed by atoms with van der Waals surface area (Å²) < 4.78 is 15.9. The number of aromatic nitrogens is 2. The molecule has 0 aliphatic carbocycles. The van der Waals surface area contributed by atoms with E-state index in [1.807, 2.05) is 0 Å². The van der Waals surface area contributed by atoms with Gasteiger partial charge in [-0.3, -0.25) is 0 Å². The van der Waals surface area contributed by atoms with Crippen molar-refractivity contribution in [1.29, 1.82) is 0 Å². The summed E-state index contributed by atoms with van der Waals surface area (Å²) in [5.74, 6) is 1.30. The number of hydrogen-bond acceptors (Lipinski definition) is 2. The van der Waals surface area contributed by atoms with Gasteiger partial charge in [0.05, 0.1) is 4.47 Å². The van der Waals surface area contributed by atoms with Gasteiger partial charge >= 0.3 is 0 Å². The summed E-state index contributed by atoms with van der Waals surface area (Å²) in [7, 11) is 0. The fourth-order valence-corrected chi connectivity index (χ4v) is 2.72. The zero-order valence-electron chi connectivity index (χ0n) is 12.9. The summed E-state index contributed by atoms with van der Waals surface area (Å²) in [6, 6.07) is 4.85. The molecule has 1 aromatic heterocycles. The van der Waals surface area contributed by atoms with Crippen LogP contribution in [0.3, 0.4) is 0 Å². The molecule has 0 saturated heterocycles. The SMILES string of the molecule is CCCn1c(C(C)(C)C)nc(-c2ccc(F)c(Br)c2)c1N. The van der Waals surface area contributed by atoms with Crippen LogP contribution in [0.4, 0.5) is 10.2 Å². The van der Waals surface area contributed by atoms with Crippen LogP contribution in [0.25, 0.3) is 11.3 Å². The second-order valence-electron chi connectivity index (χ2n) is 6.20. The van der Waals surface area contributed by atoms with E-state index in [1.165, 1.54) is 6.07 Å². The third-order valence-electron chi connectivity index (χ3n) is 3.32. The van der Waals surface area contributed by atoms with Crippen molar-refractivity contribution in [1.82, 2.24) is 9.55 Å². The van der Waals surface area contributed by atoms with Crippen LogP contribution in [0.1, 0.15) is 39.9 Å². The van der Waals surface area contributed by atoms with Crippen molar-refractivity contribution in [3.05, 3.63) is 34.3 Å². The quantitative estimate of drug-likeness (QED) is 0.865. The Labute approximate surface area is 133 Å². The van der Waals surface area contributed by atoms with E-state index >= 15 is 0 Å². The summed E-state index contributed by atoms with van der Waals surface area (Å²) >= 11 is 3.21. The summed E-state index contributed by atoms with van der Waals surface area (Å²) in [4.78, 5) is 4.74. The van der Waals surface area contributed by atoms with Crippen LogP contribution in [0.2, 0.25) is 0 Å². The number of nitrogens with zero attached hydrogens (tertiary/aromatic N) is 2. The molecule has 0 amide bonds. The van der Waals surface area contributed by atoms with E-state index in [0.29, 0.717) is 16.0 Å². The Morgan fingerprint density at radius 1 is 1.33 bits per heavy atom. The highest BCUT2D eigenvalue weighted by Crippen LogP contribution is 2.33. The van der Waals surface area contributed by atoms with Gasteiger partial charge in [-0.25, -0.2) is 9.37 Å². The maximum Gasteiger partial charge on any atom is 0.137 e. The first kappa shape index (κ1) is 16.0. The molecule has 5 heteroatoms. The maximum absolute atomic E-state index is 13.4. The molecule has 0 saturated carbocycles. The minimum Gasteiger partial charge on any atom is -0.383 e. The summed E-state index contributed by atoms with van der Waals surface area (Å²) in [6.07, 6.45) is 0.982. The fraction of sp³-hybridized carbons (Fsp3) is 0.438. The average molecular weight is 354 g/mol. The molecule has 2 N–H and O–H groups in total. The molecule has 0 aliphatic heterocycles. The van der Waals surface area contributed by atoms with Crippen LogP contribution in [0.15, 0.2) is 22.7 Å². The summed E-state index contributed by atoms with van der Waals surface area (Å²) in [5.41, 5.74) is 7.74. The van der Waals surface area contributed by atoms with Gasteiger partial charge in [0, 0.05) is 17.5 Å². The third kappa shape index (κ3) is 3.12. The molecule has 0 aliphatic rings. The molecule has 21 heavy (non-hydrogen) atoms. The number of hydrogen-bond donors (Lipinski definition) is 1. The monoisotopic (exact) mass is 353 g/mol. The topological polar surface area (TPSA) is 43.8 Å². The van der Waals surface area contributed by atoms with E-state index in [4.69, 9.17) is 10.7 Å². The van der Waals surface area contributed by atoms with Gasteiger partial charge in [-0.1, -0.05) is 27.7 Å². The number of halogens is 2. The molecule has 0 atom stereocenters. The van der Waals surface area contributed by atoms with E-state index < -0.39 is 0 Å². The summed E-state index contributed by atoms with van der Waals surface area (Å²) in [6.45, 7) is 9.29. The predicted octanol–water partition coefficient (Wildman–Crippen LogP) is 4.74. The second kappa shape index (κ2) is 5.79.